The molecule has 0 saturated carbocycles. The molecule has 1 aliphatic rings. The van der Waals surface area contributed by atoms with E-state index in [-0.39, 0.29) is 11.3 Å². The van der Waals surface area contributed by atoms with Crippen LogP contribution < -0.4 is 15.4 Å². The van der Waals surface area contributed by atoms with Gasteiger partial charge in [-0.15, -0.1) is 0 Å². The molecule has 2 atom stereocenters. The van der Waals surface area contributed by atoms with E-state index in [1.54, 1.807) is 36.4 Å². The molecule has 8 nitrogen and oxygen atoms in total. The van der Waals surface area contributed by atoms with Crippen molar-refractivity contribution in [2.45, 2.75) is 33.6 Å². The third-order valence-electron chi connectivity index (χ3n) is 5.79. The maximum absolute atomic E-state index is 12.6. The number of carbonyl (C=O) groups excluding carboxylic acids is 1. The van der Waals surface area contributed by atoms with Gasteiger partial charge in [0.15, 0.2) is 0 Å². The van der Waals surface area contributed by atoms with E-state index in [1.807, 2.05) is 6.92 Å². The number of ether oxygens (including phenoxy) is 1. The van der Waals surface area contributed by atoms with Gasteiger partial charge in [0, 0.05) is 37.0 Å². The maximum Gasteiger partial charge on any atom is 0.293 e. The van der Waals surface area contributed by atoms with E-state index in [9.17, 15) is 14.9 Å². The van der Waals surface area contributed by atoms with Crippen LogP contribution in [0.3, 0.4) is 0 Å². The Morgan fingerprint density at radius 3 is 2.48 bits per heavy atom. The lowest BCUT2D eigenvalue weighted by molar-refractivity contribution is -0.384. The third-order valence-corrected chi connectivity index (χ3v) is 5.79. The molecular formula is C25H34N4O4. The molecule has 178 valence electrons. The van der Waals surface area contributed by atoms with Crippen LogP contribution in [0.4, 0.5) is 17.1 Å². The molecule has 33 heavy (non-hydrogen) atoms. The van der Waals surface area contributed by atoms with E-state index < -0.39 is 10.8 Å². The van der Waals surface area contributed by atoms with Crippen LogP contribution in [0, 0.1) is 22.0 Å². The molecule has 1 fully saturated rings. The first-order valence-corrected chi connectivity index (χ1v) is 11.6. The van der Waals surface area contributed by atoms with Gasteiger partial charge in [-0.1, -0.05) is 13.8 Å². The molecule has 3 rings (SSSR count). The van der Waals surface area contributed by atoms with Crippen LogP contribution in [0.25, 0.3) is 0 Å². The number of nitro benzene ring substituents is 1. The lowest BCUT2D eigenvalue weighted by atomic mass is 9.92. The van der Waals surface area contributed by atoms with Crippen LogP contribution in [-0.2, 0) is 0 Å². The van der Waals surface area contributed by atoms with Crippen LogP contribution in [0.2, 0.25) is 0 Å². The minimum absolute atomic E-state index is 0.102. The molecule has 2 aromatic rings. The highest BCUT2D eigenvalue weighted by Gasteiger charge is 2.21. The molecule has 0 aromatic heterocycles. The monoisotopic (exact) mass is 454 g/mol. The van der Waals surface area contributed by atoms with E-state index in [0.717, 1.165) is 26.1 Å². The Kier molecular flexibility index (Phi) is 8.65. The maximum atomic E-state index is 12.6. The number of amides is 1. The summed E-state index contributed by atoms with van der Waals surface area (Å²) in [4.78, 5) is 26.2. The van der Waals surface area contributed by atoms with Crippen LogP contribution in [-0.4, -0.2) is 48.5 Å². The third kappa shape index (κ3) is 7.18. The Bertz CT molecular complexity index is 938. The minimum atomic E-state index is -0.454. The molecule has 1 amide bonds. The van der Waals surface area contributed by atoms with Crippen molar-refractivity contribution in [3.8, 4) is 5.75 Å². The van der Waals surface area contributed by atoms with Crippen molar-refractivity contribution < 1.29 is 14.5 Å². The number of hydrogen-bond acceptors (Lipinski definition) is 6. The zero-order chi connectivity index (χ0) is 23.8. The number of carbonyl (C=O) groups is 1. The molecule has 8 heteroatoms. The molecule has 0 radical (unpaired) electrons. The highest BCUT2D eigenvalue weighted by molar-refractivity contribution is 6.05. The molecular weight excluding hydrogens is 420 g/mol. The van der Waals surface area contributed by atoms with Gasteiger partial charge in [-0.05, 0) is 74.5 Å². The zero-order valence-corrected chi connectivity index (χ0v) is 19.7. The first kappa shape index (κ1) is 24.5. The van der Waals surface area contributed by atoms with Gasteiger partial charge < -0.3 is 20.3 Å². The molecule has 1 heterocycles. The first-order chi connectivity index (χ1) is 15.9. The average molecular weight is 455 g/mol. The number of piperidine rings is 1. The van der Waals surface area contributed by atoms with Crippen LogP contribution in [0.1, 0.15) is 44.0 Å². The quantitative estimate of drug-likeness (QED) is 0.297. The van der Waals surface area contributed by atoms with Gasteiger partial charge in [0.25, 0.3) is 11.6 Å². The summed E-state index contributed by atoms with van der Waals surface area (Å²) < 4.78 is 5.39. The van der Waals surface area contributed by atoms with Crippen molar-refractivity contribution in [3.63, 3.8) is 0 Å². The van der Waals surface area contributed by atoms with Gasteiger partial charge in [0.05, 0.1) is 11.5 Å². The number of rotatable bonds is 10. The molecule has 1 aliphatic heterocycles. The number of benzene rings is 2. The van der Waals surface area contributed by atoms with Gasteiger partial charge in [-0.25, -0.2) is 0 Å². The fraction of sp³-hybridized carbons (Fsp3) is 0.480. The topological polar surface area (TPSA) is 96.7 Å². The van der Waals surface area contributed by atoms with Crippen molar-refractivity contribution in [2.24, 2.45) is 11.8 Å². The summed E-state index contributed by atoms with van der Waals surface area (Å²) in [5.41, 5.74) is 1.15. The fourth-order valence-corrected chi connectivity index (χ4v) is 4.48. The van der Waals surface area contributed by atoms with Crippen molar-refractivity contribution >= 4 is 23.0 Å². The summed E-state index contributed by atoms with van der Waals surface area (Å²) in [5.74, 6) is 1.74. The largest absolute Gasteiger partial charge is 0.494 e. The number of nitrogens with one attached hydrogen (secondary N) is 2. The van der Waals surface area contributed by atoms with Crippen LogP contribution in [0.5, 0.6) is 5.75 Å². The van der Waals surface area contributed by atoms with E-state index in [4.69, 9.17) is 4.74 Å². The lowest BCUT2D eigenvalue weighted by Crippen LogP contribution is -2.39. The molecule has 0 unspecified atom stereocenters. The SMILES string of the molecule is CCOc1ccc(NC(=O)c2ccc(NCCCN3C[C@@H](C)C[C@H](C)C3)c([N+](=O)[O-])c2)cc1. The van der Waals surface area contributed by atoms with Gasteiger partial charge in [-0.3, -0.25) is 14.9 Å². The van der Waals surface area contributed by atoms with Crippen molar-refractivity contribution in [2.75, 3.05) is 43.4 Å². The zero-order valence-electron chi connectivity index (χ0n) is 19.7. The predicted octanol–water partition coefficient (Wildman–Crippen LogP) is 5.03. The van der Waals surface area contributed by atoms with Crippen molar-refractivity contribution in [3.05, 3.63) is 58.1 Å². The van der Waals surface area contributed by atoms with Gasteiger partial charge in [0.1, 0.15) is 11.4 Å². The second-order valence-electron chi connectivity index (χ2n) is 8.89. The summed E-state index contributed by atoms with van der Waals surface area (Å²) in [6, 6.07) is 11.5. The molecule has 0 spiro atoms. The average Bonchev–Trinajstić information content (AvgIpc) is 2.77. The Morgan fingerprint density at radius 1 is 1.15 bits per heavy atom. The molecule has 2 N–H and O–H groups in total. The van der Waals surface area contributed by atoms with Gasteiger partial charge in [-0.2, -0.15) is 0 Å². The second kappa shape index (κ2) is 11.7. The normalized spacial score (nSPS) is 18.5. The summed E-state index contributed by atoms with van der Waals surface area (Å²) in [5, 5.41) is 17.6. The summed E-state index contributed by atoms with van der Waals surface area (Å²) in [6.45, 7) is 10.9. The molecule has 0 aliphatic carbocycles. The summed E-state index contributed by atoms with van der Waals surface area (Å²) in [7, 11) is 0. The Labute approximate surface area is 195 Å². The molecule has 1 saturated heterocycles. The van der Waals surface area contributed by atoms with Crippen LogP contribution >= 0.6 is 0 Å². The van der Waals surface area contributed by atoms with Crippen LogP contribution in [0.15, 0.2) is 42.5 Å². The minimum Gasteiger partial charge on any atom is -0.494 e. The Hall–Kier alpha value is -3.13. The highest BCUT2D eigenvalue weighted by Crippen LogP contribution is 2.27. The highest BCUT2D eigenvalue weighted by atomic mass is 16.6. The first-order valence-electron chi connectivity index (χ1n) is 11.6. The predicted molar refractivity (Wildman–Crippen MR) is 131 cm³/mol. The van der Waals surface area contributed by atoms with Gasteiger partial charge in [0.2, 0.25) is 0 Å². The van der Waals surface area contributed by atoms with E-state index in [1.165, 1.54) is 12.5 Å². The second-order valence-corrected chi connectivity index (χ2v) is 8.89. The Balaban J connectivity index is 1.56. The number of hydrogen-bond donors (Lipinski definition) is 2. The lowest BCUT2D eigenvalue weighted by Gasteiger charge is -2.34. The van der Waals surface area contributed by atoms with E-state index >= 15 is 0 Å². The molecule has 2 aromatic carbocycles. The van der Waals surface area contributed by atoms with E-state index in [2.05, 4.69) is 29.4 Å². The van der Waals surface area contributed by atoms with Gasteiger partial charge >= 0.3 is 0 Å². The molecule has 0 bridgehead atoms. The number of nitrogens with zero attached hydrogens (tertiary/aromatic N) is 2. The van der Waals surface area contributed by atoms with Crippen molar-refractivity contribution in [1.29, 1.82) is 0 Å². The van der Waals surface area contributed by atoms with Crippen molar-refractivity contribution in [1.82, 2.24) is 4.90 Å². The number of anilines is 2. The van der Waals surface area contributed by atoms with E-state index in [0.29, 0.717) is 42.1 Å². The number of nitro groups is 1. The number of likely N-dealkylation sites (tertiary alicyclic amines) is 1. The summed E-state index contributed by atoms with van der Waals surface area (Å²) in [6.07, 6.45) is 2.18. The standard InChI is InChI=1S/C25H34N4O4/c1-4-33-22-9-7-21(8-10-22)27-25(30)20-6-11-23(24(15-20)29(31)32)26-12-5-13-28-16-18(2)14-19(3)17-28/h6-11,15,18-19,26H,4-5,12-14,16-17H2,1-3H3,(H,27,30)/t18-,19-/m0/s1. The fourth-order valence-electron chi connectivity index (χ4n) is 4.48. The smallest absolute Gasteiger partial charge is 0.293 e. The summed E-state index contributed by atoms with van der Waals surface area (Å²) >= 11 is 0. The Morgan fingerprint density at radius 2 is 1.85 bits per heavy atom.